The highest BCUT2D eigenvalue weighted by molar-refractivity contribution is 5.36. The Balaban J connectivity index is 2.17. The van der Waals surface area contributed by atoms with Crippen LogP contribution in [0.3, 0.4) is 0 Å². The van der Waals surface area contributed by atoms with E-state index in [1.54, 1.807) is 12.3 Å². The van der Waals surface area contributed by atoms with Crippen LogP contribution in [0, 0.1) is 5.82 Å². The first-order valence-electron chi connectivity index (χ1n) is 6.73. The zero-order chi connectivity index (χ0) is 14.5. The predicted octanol–water partition coefficient (Wildman–Crippen LogP) is 2.81. The molecule has 1 aromatic carbocycles. The van der Waals surface area contributed by atoms with Crippen LogP contribution in [0.15, 0.2) is 30.6 Å². The molecule has 20 heavy (non-hydrogen) atoms. The van der Waals surface area contributed by atoms with Crippen LogP contribution < -0.4 is 10.1 Å². The lowest BCUT2D eigenvalue weighted by Gasteiger charge is -2.17. The molecule has 108 valence electrons. The first-order valence-corrected chi connectivity index (χ1v) is 6.73. The molecular weight excluding hydrogens is 257 g/mol. The SMILES string of the molecule is CCNC(C)c1ccc(F)cc1OCc1nccn1C. The molecule has 2 aromatic rings. The van der Waals surface area contributed by atoms with Crippen LogP contribution in [-0.2, 0) is 13.7 Å². The van der Waals surface area contributed by atoms with E-state index in [1.807, 2.05) is 31.7 Å². The fourth-order valence-corrected chi connectivity index (χ4v) is 2.08. The first kappa shape index (κ1) is 14.5. The van der Waals surface area contributed by atoms with Crippen molar-refractivity contribution >= 4 is 0 Å². The summed E-state index contributed by atoms with van der Waals surface area (Å²) in [6, 6.07) is 4.75. The number of imidazole rings is 1. The van der Waals surface area contributed by atoms with Crippen molar-refractivity contribution in [3.8, 4) is 5.75 Å². The minimum Gasteiger partial charge on any atom is -0.485 e. The van der Waals surface area contributed by atoms with Gasteiger partial charge in [-0.3, -0.25) is 0 Å². The van der Waals surface area contributed by atoms with Gasteiger partial charge in [-0.05, 0) is 19.5 Å². The summed E-state index contributed by atoms with van der Waals surface area (Å²) < 4.78 is 21.0. The first-order chi connectivity index (χ1) is 9.61. The predicted molar refractivity (Wildman–Crippen MR) is 76.0 cm³/mol. The van der Waals surface area contributed by atoms with Gasteiger partial charge in [0.05, 0.1) is 0 Å². The van der Waals surface area contributed by atoms with E-state index in [1.165, 1.54) is 12.1 Å². The molecule has 1 heterocycles. The van der Waals surface area contributed by atoms with Gasteiger partial charge < -0.3 is 14.6 Å². The molecule has 0 saturated heterocycles. The maximum atomic E-state index is 13.4. The molecule has 0 radical (unpaired) electrons. The van der Waals surface area contributed by atoms with E-state index in [-0.39, 0.29) is 11.9 Å². The van der Waals surface area contributed by atoms with Crippen molar-refractivity contribution in [2.45, 2.75) is 26.5 Å². The van der Waals surface area contributed by atoms with Crippen molar-refractivity contribution in [1.82, 2.24) is 14.9 Å². The number of aromatic nitrogens is 2. The van der Waals surface area contributed by atoms with Crippen molar-refractivity contribution in [2.75, 3.05) is 6.54 Å². The fourth-order valence-electron chi connectivity index (χ4n) is 2.08. The Morgan fingerprint density at radius 2 is 2.25 bits per heavy atom. The minimum absolute atomic E-state index is 0.108. The summed E-state index contributed by atoms with van der Waals surface area (Å²) in [5.41, 5.74) is 0.947. The van der Waals surface area contributed by atoms with Gasteiger partial charge in [0.2, 0.25) is 0 Å². The van der Waals surface area contributed by atoms with Crippen molar-refractivity contribution in [1.29, 1.82) is 0 Å². The van der Waals surface area contributed by atoms with Crippen LogP contribution in [0.25, 0.3) is 0 Å². The van der Waals surface area contributed by atoms with Gasteiger partial charge in [-0.25, -0.2) is 9.37 Å². The van der Waals surface area contributed by atoms with E-state index in [0.29, 0.717) is 12.4 Å². The lowest BCUT2D eigenvalue weighted by atomic mass is 10.1. The van der Waals surface area contributed by atoms with Crippen molar-refractivity contribution in [2.24, 2.45) is 7.05 Å². The van der Waals surface area contributed by atoms with Crippen LogP contribution in [-0.4, -0.2) is 16.1 Å². The van der Waals surface area contributed by atoms with Gasteiger partial charge in [0.1, 0.15) is 24.0 Å². The monoisotopic (exact) mass is 277 g/mol. The van der Waals surface area contributed by atoms with Crippen LogP contribution >= 0.6 is 0 Å². The largest absolute Gasteiger partial charge is 0.485 e. The molecule has 0 spiro atoms. The average Bonchev–Trinajstić information content (AvgIpc) is 2.82. The zero-order valence-electron chi connectivity index (χ0n) is 12.1. The third-order valence-electron chi connectivity index (χ3n) is 3.23. The van der Waals surface area contributed by atoms with Crippen LogP contribution in [0.4, 0.5) is 4.39 Å². The van der Waals surface area contributed by atoms with Gasteiger partial charge in [0, 0.05) is 37.1 Å². The second-order valence-corrected chi connectivity index (χ2v) is 4.70. The summed E-state index contributed by atoms with van der Waals surface area (Å²) in [4.78, 5) is 4.19. The molecule has 0 bridgehead atoms. The second kappa shape index (κ2) is 6.52. The number of halogens is 1. The highest BCUT2D eigenvalue weighted by Gasteiger charge is 2.12. The van der Waals surface area contributed by atoms with Gasteiger partial charge in [-0.2, -0.15) is 0 Å². The standard InChI is InChI=1S/C15H20FN3O/c1-4-17-11(2)13-6-5-12(16)9-14(13)20-10-15-18-7-8-19(15)3/h5-9,11,17H,4,10H2,1-3H3. The zero-order valence-corrected chi connectivity index (χ0v) is 12.1. The molecule has 0 aliphatic rings. The van der Waals surface area contributed by atoms with E-state index in [0.717, 1.165) is 17.9 Å². The molecule has 0 saturated carbocycles. The van der Waals surface area contributed by atoms with E-state index < -0.39 is 0 Å². The smallest absolute Gasteiger partial charge is 0.146 e. The number of hydrogen-bond donors (Lipinski definition) is 1. The third-order valence-corrected chi connectivity index (χ3v) is 3.23. The minimum atomic E-state index is -0.299. The van der Waals surface area contributed by atoms with Crippen molar-refractivity contribution in [3.05, 3.63) is 47.8 Å². The Hall–Kier alpha value is -1.88. The summed E-state index contributed by atoms with van der Waals surface area (Å²) in [5.74, 6) is 1.06. The number of aryl methyl sites for hydroxylation is 1. The molecule has 0 aliphatic heterocycles. The highest BCUT2D eigenvalue weighted by Crippen LogP contribution is 2.26. The molecule has 2 rings (SSSR count). The fraction of sp³-hybridized carbons (Fsp3) is 0.400. The molecule has 1 atom stereocenters. The van der Waals surface area contributed by atoms with E-state index >= 15 is 0 Å². The van der Waals surface area contributed by atoms with Gasteiger partial charge in [-0.1, -0.05) is 13.0 Å². The average molecular weight is 277 g/mol. The Bertz CT molecular complexity index is 568. The maximum absolute atomic E-state index is 13.4. The van der Waals surface area contributed by atoms with E-state index in [2.05, 4.69) is 10.3 Å². The van der Waals surface area contributed by atoms with Gasteiger partial charge in [0.15, 0.2) is 0 Å². The number of ether oxygens (including phenoxy) is 1. The quantitative estimate of drug-likeness (QED) is 0.882. The third kappa shape index (κ3) is 3.36. The highest BCUT2D eigenvalue weighted by atomic mass is 19.1. The van der Waals surface area contributed by atoms with E-state index in [9.17, 15) is 4.39 Å². The summed E-state index contributed by atoms with van der Waals surface area (Å²) in [7, 11) is 1.90. The van der Waals surface area contributed by atoms with Crippen LogP contribution in [0.2, 0.25) is 0 Å². The number of rotatable bonds is 6. The Labute approximate surface area is 118 Å². The van der Waals surface area contributed by atoms with Crippen molar-refractivity contribution < 1.29 is 9.13 Å². The Kier molecular flexibility index (Phi) is 4.74. The van der Waals surface area contributed by atoms with E-state index in [4.69, 9.17) is 4.74 Å². The van der Waals surface area contributed by atoms with Crippen LogP contribution in [0.5, 0.6) is 5.75 Å². The molecule has 1 unspecified atom stereocenters. The molecule has 5 heteroatoms. The summed E-state index contributed by atoms with van der Waals surface area (Å²) in [6.45, 7) is 5.23. The maximum Gasteiger partial charge on any atom is 0.146 e. The topological polar surface area (TPSA) is 39.1 Å². The molecule has 4 nitrogen and oxygen atoms in total. The molecular formula is C15H20FN3O. The lowest BCUT2D eigenvalue weighted by molar-refractivity contribution is 0.284. The second-order valence-electron chi connectivity index (χ2n) is 4.70. The normalized spacial score (nSPS) is 12.4. The van der Waals surface area contributed by atoms with Gasteiger partial charge in [-0.15, -0.1) is 0 Å². The van der Waals surface area contributed by atoms with Gasteiger partial charge in [0.25, 0.3) is 0 Å². The summed E-state index contributed by atoms with van der Waals surface area (Å²) in [5, 5.41) is 3.30. The molecule has 1 N–H and O–H groups in total. The number of benzene rings is 1. The van der Waals surface area contributed by atoms with Crippen molar-refractivity contribution in [3.63, 3.8) is 0 Å². The summed E-state index contributed by atoms with van der Waals surface area (Å²) >= 11 is 0. The summed E-state index contributed by atoms with van der Waals surface area (Å²) in [6.07, 6.45) is 3.57. The molecule has 0 amide bonds. The molecule has 0 fully saturated rings. The number of hydrogen-bond acceptors (Lipinski definition) is 3. The van der Waals surface area contributed by atoms with Gasteiger partial charge >= 0.3 is 0 Å². The molecule has 0 aliphatic carbocycles. The lowest BCUT2D eigenvalue weighted by Crippen LogP contribution is -2.18. The number of nitrogens with zero attached hydrogens (tertiary/aromatic N) is 2. The Morgan fingerprint density at radius 3 is 2.90 bits per heavy atom. The van der Waals surface area contributed by atoms with Crippen LogP contribution in [0.1, 0.15) is 31.3 Å². The Morgan fingerprint density at radius 1 is 1.45 bits per heavy atom. The number of nitrogens with one attached hydrogen (secondary N) is 1. The molecule has 1 aromatic heterocycles.